The third-order valence-corrected chi connectivity index (χ3v) is 3.51. The Hall–Kier alpha value is -0.500. The first-order valence-corrected chi connectivity index (χ1v) is 5.64. The van der Waals surface area contributed by atoms with E-state index in [4.69, 9.17) is 5.73 Å². The van der Waals surface area contributed by atoms with E-state index in [-0.39, 0.29) is 0 Å². The summed E-state index contributed by atoms with van der Waals surface area (Å²) in [5.74, 6) is 0. The molecule has 13 heavy (non-hydrogen) atoms. The number of fused-ring (bicyclic) bond motifs is 1. The monoisotopic (exact) mass is 239 g/mol. The fourth-order valence-electron chi connectivity index (χ4n) is 2.03. The molecule has 0 heterocycles. The highest BCUT2D eigenvalue weighted by Crippen LogP contribution is 2.31. The minimum Gasteiger partial charge on any atom is -0.398 e. The number of nitrogen functional groups attached to an aromatic ring is 1. The Balaban J connectivity index is 2.50. The summed E-state index contributed by atoms with van der Waals surface area (Å²) >= 11 is 3.60. The van der Waals surface area contributed by atoms with E-state index in [0.29, 0.717) is 0 Å². The summed E-state index contributed by atoms with van der Waals surface area (Å²) < 4.78 is 1.23. The zero-order valence-electron chi connectivity index (χ0n) is 7.65. The fourth-order valence-corrected chi connectivity index (χ4v) is 2.60. The van der Waals surface area contributed by atoms with Crippen LogP contribution in [0.2, 0.25) is 0 Å². The lowest BCUT2D eigenvalue weighted by Gasteiger charge is -2.10. The van der Waals surface area contributed by atoms with Crippen LogP contribution < -0.4 is 5.73 Å². The van der Waals surface area contributed by atoms with Gasteiger partial charge in [0.25, 0.3) is 0 Å². The second-order valence-corrected chi connectivity index (χ2v) is 4.51. The van der Waals surface area contributed by atoms with Crippen LogP contribution in [-0.2, 0) is 12.8 Å². The summed E-state index contributed by atoms with van der Waals surface area (Å²) in [4.78, 5) is 0. The van der Waals surface area contributed by atoms with Gasteiger partial charge in [0.1, 0.15) is 0 Å². The number of halogens is 1. The molecule has 0 saturated carbocycles. The number of hydrogen-bond donors (Lipinski definition) is 1. The van der Waals surface area contributed by atoms with Crippen molar-refractivity contribution < 1.29 is 0 Å². The second-order valence-electron chi connectivity index (χ2n) is 3.65. The van der Waals surface area contributed by atoms with Crippen LogP contribution in [0.1, 0.15) is 30.4 Å². The van der Waals surface area contributed by atoms with Crippen molar-refractivity contribution >= 4 is 21.6 Å². The quantitative estimate of drug-likeness (QED) is 0.546. The lowest BCUT2D eigenvalue weighted by molar-refractivity contribution is 0.711. The van der Waals surface area contributed by atoms with Gasteiger partial charge in [-0.05, 0) is 48.9 Å². The SMILES string of the molecule is Nc1ccc(Br)c2c1CCCCC2. The topological polar surface area (TPSA) is 26.0 Å². The molecule has 2 N–H and O–H groups in total. The first-order valence-electron chi connectivity index (χ1n) is 4.85. The highest BCUT2D eigenvalue weighted by molar-refractivity contribution is 9.10. The number of rotatable bonds is 0. The largest absolute Gasteiger partial charge is 0.398 e. The Morgan fingerprint density at radius 1 is 1.00 bits per heavy atom. The van der Waals surface area contributed by atoms with Crippen molar-refractivity contribution in [2.24, 2.45) is 0 Å². The molecule has 2 rings (SSSR count). The molecular weight excluding hydrogens is 226 g/mol. The number of hydrogen-bond acceptors (Lipinski definition) is 1. The van der Waals surface area contributed by atoms with Crippen LogP contribution in [0.15, 0.2) is 16.6 Å². The highest BCUT2D eigenvalue weighted by atomic mass is 79.9. The molecule has 1 aromatic carbocycles. The molecule has 0 atom stereocenters. The average Bonchev–Trinajstić information content (AvgIpc) is 2.37. The van der Waals surface area contributed by atoms with E-state index < -0.39 is 0 Å². The third kappa shape index (κ3) is 1.73. The molecule has 2 heteroatoms. The number of nitrogens with two attached hydrogens (primary N) is 1. The molecule has 0 aliphatic heterocycles. The van der Waals surface area contributed by atoms with E-state index in [2.05, 4.69) is 22.0 Å². The van der Waals surface area contributed by atoms with Crippen molar-refractivity contribution in [2.45, 2.75) is 32.1 Å². The van der Waals surface area contributed by atoms with Crippen LogP contribution in [0.3, 0.4) is 0 Å². The minimum atomic E-state index is 0.972. The first-order chi connectivity index (χ1) is 6.29. The van der Waals surface area contributed by atoms with Gasteiger partial charge in [-0.15, -0.1) is 0 Å². The minimum absolute atomic E-state index is 0.972. The van der Waals surface area contributed by atoms with Gasteiger partial charge in [0.15, 0.2) is 0 Å². The van der Waals surface area contributed by atoms with E-state index in [1.165, 1.54) is 41.3 Å². The second kappa shape index (κ2) is 3.70. The number of benzene rings is 1. The van der Waals surface area contributed by atoms with E-state index in [1.54, 1.807) is 0 Å². The molecule has 1 aliphatic carbocycles. The lowest BCUT2D eigenvalue weighted by atomic mass is 10.0. The van der Waals surface area contributed by atoms with Gasteiger partial charge in [-0.2, -0.15) is 0 Å². The first kappa shape index (κ1) is 9.07. The standard InChI is InChI=1S/C11H14BrN/c12-10-6-7-11(13)9-5-3-1-2-4-8(9)10/h6-7H,1-5,13H2. The normalized spacial score (nSPS) is 16.4. The van der Waals surface area contributed by atoms with Gasteiger partial charge in [-0.3, -0.25) is 0 Å². The van der Waals surface area contributed by atoms with Crippen molar-refractivity contribution in [3.63, 3.8) is 0 Å². The van der Waals surface area contributed by atoms with Gasteiger partial charge in [0.05, 0.1) is 0 Å². The molecule has 0 aromatic heterocycles. The summed E-state index contributed by atoms with van der Waals surface area (Å²) in [6.45, 7) is 0. The van der Waals surface area contributed by atoms with Crippen LogP contribution in [0.25, 0.3) is 0 Å². The van der Waals surface area contributed by atoms with E-state index in [0.717, 1.165) is 12.1 Å². The Kier molecular flexibility index (Phi) is 2.58. The van der Waals surface area contributed by atoms with Crippen molar-refractivity contribution in [1.82, 2.24) is 0 Å². The summed E-state index contributed by atoms with van der Waals surface area (Å²) in [5, 5.41) is 0. The summed E-state index contributed by atoms with van der Waals surface area (Å²) in [5.41, 5.74) is 9.75. The maximum Gasteiger partial charge on any atom is 0.0350 e. The molecule has 0 radical (unpaired) electrons. The molecule has 0 unspecified atom stereocenters. The van der Waals surface area contributed by atoms with E-state index in [1.807, 2.05) is 6.07 Å². The van der Waals surface area contributed by atoms with Crippen molar-refractivity contribution in [3.8, 4) is 0 Å². The van der Waals surface area contributed by atoms with Gasteiger partial charge in [0.2, 0.25) is 0 Å². The molecule has 70 valence electrons. The van der Waals surface area contributed by atoms with Crippen molar-refractivity contribution in [2.75, 3.05) is 5.73 Å². The van der Waals surface area contributed by atoms with Crippen LogP contribution in [0.5, 0.6) is 0 Å². The molecular formula is C11H14BrN. The molecule has 0 amide bonds. The highest BCUT2D eigenvalue weighted by Gasteiger charge is 2.12. The van der Waals surface area contributed by atoms with Gasteiger partial charge in [0, 0.05) is 10.2 Å². The summed E-state index contributed by atoms with van der Waals surface area (Å²) in [7, 11) is 0. The van der Waals surface area contributed by atoms with Crippen LogP contribution in [0.4, 0.5) is 5.69 Å². The zero-order valence-corrected chi connectivity index (χ0v) is 9.23. The Morgan fingerprint density at radius 3 is 2.46 bits per heavy atom. The van der Waals surface area contributed by atoms with Gasteiger partial charge in [-0.1, -0.05) is 22.4 Å². The molecule has 0 saturated heterocycles. The zero-order chi connectivity index (χ0) is 9.26. The van der Waals surface area contributed by atoms with Crippen molar-refractivity contribution in [1.29, 1.82) is 0 Å². The predicted molar refractivity (Wildman–Crippen MR) is 59.8 cm³/mol. The summed E-state index contributed by atoms with van der Waals surface area (Å²) in [6, 6.07) is 4.08. The smallest absolute Gasteiger partial charge is 0.0350 e. The lowest BCUT2D eigenvalue weighted by Crippen LogP contribution is -1.98. The van der Waals surface area contributed by atoms with E-state index >= 15 is 0 Å². The van der Waals surface area contributed by atoms with Crippen molar-refractivity contribution in [3.05, 3.63) is 27.7 Å². The van der Waals surface area contributed by atoms with Gasteiger partial charge in [-0.25, -0.2) is 0 Å². The molecule has 1 aromatic rings. The molecule has 0 spiro atoms. The Morgan fingerprint density at radius 2 is 1.69 bits per heavy atom. The molecule has 1 aliphatic rings. The molecule has 1 nitrogen and oxygen atoms in total. The van der Waals surface area contributed by atoms with Crippen LogP contribution in [-0.4, -0.2) is 0 Å². The summed E-state index contributed by atoms with van der Waals surface area (Å²) in [6.07, 6.45) is 6.25. The van der Waals surface area contributed by atoms with Crippen LogP contribution >= 0.6 is 15.9 Å². The third-order valence-electron chi connectivity index (χ3n) is 2.76. The molecule has 0 bridgehead atoms. The maximum atomic E-state index is 5.96. The predicted octanol–water partition coefficient (Wildman–Crippen LogP) is 3.30. The molecule has 0 fully saturated rings. The van der Waals surface area contributed by atoms with Gasteiger partial charge < -0.3 is 5.73 Å². The van der Waals surface area contributed by atoms with Gasteiger partial charge >= 0.3 is 0 Å². The number of anilines is 1. The Bertz CT molecular complexity index is 289. The van der Waals surface area contributed by atoms with E-state index in [9.17, 15) is 0 Å². The fraction of sp³-hybridized carbons (Fsp3) is 0.455. The Labute approximate surface area is 87.5 Å². The maximum absolute atomic E-state index is 5.96. The van der Waals surface area contributed by atoms with Crippen LogP contribution in [0, 0.1) is 0 Å². The average molecular weight is 240 g/mol.